The number of benzene rings is 1. The fraction of sp³-hybridized carbons (Fsp3) is 0.273. The van der Waals surface area contributed by atoms with Crippen molar-refractivity contribution < 1.29 is 17.8 Å². The molecule has 1 rings (SSSR count). The number of hydrogen-bond donors (Lipinski definition) is 4. The Labute approximate surface area is 122 Å². The Bertz CT molecular complexity index is 599. The minimum atomic E-state index is -4.21. The first kappa shape index (κ1) is 16.3. The Kier molecular flexibility index (Phi) is 5.43. The van der Waals surface area contributed by atoms with Gasteiger partial charge in [-0.25, -0.2) is 0 Å². The van der Waals surface area contributed by atoms with Gasteiger partial charge in [-0.3, -0.25) is 9.35 Å². The number of nitrogens with one attached hydrogen (secondary N) is 3. The molecular weight excluding hydrogens is 302 g/mol. The van der Waals surface area contributed by atoms with E-state index in [-0.39, 0.29) is 15.9 Å². The van der Waals surface area contributed by atoms with Crippen molar-refractivity contribution in [2.75, 3.05) is 12.4 Å². The summed E-state index contributed by atoms with van der Waals surface area (Å²) in [5.74, 6) is -0.212. The van der Waals surface area contributed by atoms with Gasteiger partial charge in [0.15, 0.2) is 5.11 Å². The van der Waals surface area contributed by atoms with E-state index in [1.54, 1.807) is 6.92 Å². The van der Waals surface area contributed by atoms with Crippen LogP contribution in [0, 0.1) is 0 Å². The monoisotopic (exact) mass is 317 g/mol. The average Bonchev–Trinajstić information content (AvgIpc) is 2.37. The number of carbonyl (C=O) groups excluding carboxylic acids is 1. The summed E-state index contributed by atoms with van der Waals surface area (Å²) in [4.78, 5) is 11.1. The molecule has 0 fully saturated rings. The van der Waals surface area contributed by atoms with Gasteiger partial charge in [0.05, 0.1) is 4.90 Å². The number of likely N-dealkylation sites (N-methyl/N-ethyl adjacent to an activating group) is 1. The summed E-state index contributed by atoms with van der Waals surface area (Å²) in [6.07, 6.45) is 0. The number of carbonyl (C=O) groups is 1. The van der Waals surface area contributed by atoms with E-state index in [0.29, 0.717) is 5.69 Å². The lowest BCUT2D eigenvalue weighted by Crippen LogP contribution is -2.45. The summed E-state index contributed by atoms with van der Waals surface area (Å²) in [6, 6.07) is 4.87. The molecule has 0 saturated carbocycles. The molecule has 0 aromatic heterocycles. The lowest BCUT2D eigenvalue weighted by molar-refractivity contribution is -0.121. The molecule has 0 aliphatic carbocycles. The highest BCUT2D eigenvalue weighted by Gasteiger charge is 2.12. The summed E-state index contributed by atoms with van der Waals surface area (Å²) < 4.78 is 30.6. The highest BCUT2D eigenvalue weighted by atomic mass is 32.2. The number of amides is 1. The Hall–Kier alpha value is -1.71. The number of anilines is 1. The summed E-state index contributed by atoms with van der Waals surface area (Å²) in [6.45, 7) is 1.65. The third-order valence-corrected chi connectivity index (χ3v) is 3.49. The van der Waals surface area contributed by atoms with Gasteiger partial charge in [0.1, 0.15) is 6.04 Å². The maximum atomic E-state index is 11.3. The van der Waals surface area contributed by atoms with E-state index in [1.807, 2.05) is 0 Å². The summed E-state index contributed by atoms with van der Waals surface area (Å²) in [7, 11) is -2.69. The first-order valence-corrected chi connectivity index (χ1v) is 7.45. The number of thiocarbonyl (C=S) groups is 1. The van der Waals surface area contributed by atoms with Crippen molar-refractivity contribution in [3.8, 4) is 0 Å². The Morgan fingerprint density at radius 2 is 1.85 bits per heavy atom. The average molecular weight is 317 g/mol. The summed E-state index contributed by atoms with van der Waals surface area (Å²) >= 11 is 5.02. The predicted octanol–water partition coefficient (Wildman–Crippen LogP) is 0.354. The molecule has 0 radical (unpaired) electrons. The largest absolute Gasteiger partial charge is 0.357 e. The molecule has 1 atom stereocenters. The Morgan fingerprint density at radius 1 is 1.30 bits per heavy atom. The second-order valence-corrected chi connectivity index (χ2v) is 5.76. The molecule has 7 nitrogen and oxygen atoms in total. The van der Waals surface area contributed by atoms with E-state index < -0.39 is 16.2 Å². The van der Waals surface area contributed by atoms with Crippen molar-refractivity contribution in [1.29, 1.82) is 0 Å². The molecule has 0 aliphatic heterocycles. The van der Waals surface area contributed by atoms with Crippen LogP contribution in [-0.4, -0.2) is 37.1 Å². The van der Waals surface area contributed by atoms with E-state index in [2.05, 4.69) is 16.0 Å². The topological polar surface area (TPSA) is 108 Å². The van der Waals surface area contributed by atoms with Crippen LogP contribution in [0.2, 0.25) is 0 Å². The van der Waals surface area contributed by atoms with Gasteiger partial charge in [0.2, 0.25) is 5.91 Å². The van der Waals surface area contributed by atoms with Crippen molar-refractivity contribution in [3.63, 3.8) is 0 Å². The smallest absolute Gasteiger partial charge is 0.294 e. The first-order chi connectivity index (χ1) is 9.24. The standard InChI is InChI=1S/C11H15N3O4S2/c1-7(10(15)12-2)13-11(19)14-8-3-5-9(6-4-8)20(16,17)18/h3-7H,1-2H3,(H,12,15)(H2,13,14,19)(H,16,17,18)/t7-/m0/s1. The molecule has 1 aromatic carbocycles. The summed E-state index contributed by atoms with van der Waals surface area (Å²) in [5.41, 5.74) is 0.527. The van der Waals surface area contributed by atoms with Crippen LogP contribution in [0.15, 0.2) is 29.2 Å². The van der Waals surface area contributed by atoms with Crippen LogP contribution in [0.4, 0.5) is 5.69 Å². The third kappa shape index (κ3) is 4.76. The molecule has 1 amide bonds. The lowest BCUT2D eigenvalue weighted by atomic mass is 10.3. The van der Waals surface area contributed by atoms with E-state index in [1.165, 1.54) is 31.3 Å². The van der Waals surface area contributed by atoms with Crippen molar-refractivity contribution >= 4 is 39.0 Å². The highest BCUT2D eigenvalue weighted by molar-refractivity contribution is 7.85. The Morgan fingerprint density at radius 3 is 2.30 bits per heavy atom. The van der Waals surface area contributed by atoms with E-state index in [4.69, 9.17) is 16.8 Å². The minimum absolute atomic E-state index is 0.208. The van der Waals surface area contributed by atoms with E-state index >= 15 is 0 Å². The molecule has 0 saturated heterocycles. The van der Waals surface area contributed by atoms with Crippen LogP contribution >= 0.6 is 12.2 Å². The number of rotatable bonds is 4. The molecule has 0 unspecified atom stereocenters. The minimum Gasteiger partial charge on any atom is -0.357 e. The van der Waals surface area contributed by atoms with Crippen molar-refractivity contribution in [2.45, 2.75) is 17.9 Å². The zero-order valence-corrected chi connectivity index (χ0v) is 12.5. The first-order valence-electron chi connectivity index (χ1n) is 5.60. The molecule has 9 heteroatoms. The van der Waals surface area contributed by atoms with Crippen LogP contribution in [0.5, 0.6) is 0 Å². The molecule has 0 heterocycles. The van der Waals surface area contributed by atoms with Crippen LogP contribution < -0.4 is 16.0 Å². The normalized spacial score (nSPS) is 12.3. The van der Waals surface area contributed by atoms with Crippen molar-refractivity contribution in [1.82, 2.24) is 10.6 Å². The molecule has 0 aliphatic rings. The second kappa shape index (κ2) is 6.64. The quantitative estimate of drug-likeness (QED) is 0.469. The van der Waals surface area contributed by atoms with Gasteiger partial charge in [-0.15, -0.1) is 0 Å². The molecule has 4 N–H and O–H groups in total. The lowest BCUT2D eigenvalue weighted by Gasteiger charge is -2.15. The van der Waals surface area contributed by atoms with Gasteiger partial charge in [0.25, 0.3) is 10.1 Å². The fourth-order valence-corrected chi connectivity index (χ4v) is 2.13. The Balaban J connectivity index is 2.65. The van der Waals surface area contributed by atoms with E-state index in [9.17, 15) is 13.2 Å². The second-order valence-electron chi connectivity index (χ2n) is 3.93. The van der Waals surface area contributed by atoms with Gasteiger partial charge in [-0.05, 0) is 43.4 Å². The maximum absolute atomic E-state index is 11.3. The molecule has 0 bridgehead atoms. The van der Waals surface area contributed by atoms with Gasteiger partial charge >= 0.3 is 0 Å². The van der Waals surface area contributed by atoms with Crippen LogP contribution in [0.3, 0.4) is 0 Å². The molecule has 1 aromatic rings. The molecular formula is C11H15N3O4S2. The molecule has 0 spiro atoms. The highest BCUT2D eigenvalue weighted by Crippen LogP contribution is 2.13. The maximum Gasteiger partial charge on any atom is 0.294 e. The van der Waals surface area contributed by atoms with Gasteiger partial charge < -0.3 is 16.0 Å². The van der Waals surface area contributed by atoms with Crippen LogP contribution in [0.1, 0.15) is 6.92 Å². The van der Waals surface area contributed by atoms with Gasteiger partial charge in [-0.1, -0.05) is 0 Å². The zero-order chi connectivity index (χ0) is 15.3. The van der Waals surface area contributed by atoms with E-state index in [0.717, 1.165) is 0 Å². The molecule has 20 heavy (non-hydrogen) atoms. The third-order valence-electron chi connectivity index (χ3n) is 2.40. The zero-order valence-electron chi connectivity index (χ0n) is 10.9. The van der Waals surface area contributed by atoms with Crippen LogP contribution in [0.25, 0.3) is 0 Å². The SMILES string of the molecule is CNC(=O)[C@H](C)NC(=S)Nc1ccc(S(=O)(=O)O)cc1. The molecule has 110 valence electrons. The van der Waals surface area contributed by atoms with Gasteiger partial charge in [-0.2, -0.15) is 8.42 Å². The van der Waals surface area contributed by atoms with Crippen molar-refractivity contribution in [2.24, 2.45) is 0 Å². The van der Waals surface area contributed by atoms with Crippen LogP contribution in [-0.2, 0) is 14.9 Å². The van der Waals surface area contributed by atoms with Crippen molar-refractivity contribution in [3.05, 3.63) is 24.3 Å². The summed E-state index contributed by atoms with van der Waals surface area (Å²) in [5, 5.41) is 8.26. The van der Waals surface area contributed by atoms with Gasteiger partial charge in [0, 0.05) is 12.7 Å². The fourth-order valence-electron chi connectivity index (χ4n) is 1.36. The number of hydrogen-bond acceptors (Lipinski definition) is 4. The predicted molar refractivity (Wildman–Crippen MR) is 79.1 cm³/mol.